The Balaban J connectivity index is 2.32. The first-order valence-electron chi connectivity index (χ1n) is 6.85. The molecule has 1 saturated carbocycles. The first kappa shape index (κ1) is 12.6. The van der Waals surface area contributed by atoms with Crippen LogP contribution in [0.15, 0.2) is 30.3 Å². The van der Waals surface area contributed by atoms with Crippen LogP contribution in [0.2, 0.25) is 0 Å². The van der Waals surface area contributed by atoms with E-state index < -0.39 is 0 Å². The molecular formula is C15H24N2. The monoisotopic (exact) mass is 232 g/mol. The Morgan fingerprint density at radius 2 is 1.88 bits per heavy atom. The summed E-state index contributed by atoms with van der Waals surface area (Å²) < 4.78 is 0. The van der Waals surface area contributed by atoms with E-state index in [0.29, 0.717) is 6.04 Å². The molecule has 0 spiro atoms. The third kappa shape index (κ3) is 2.38. The Morgan fingerprint density at radius 3 is 2.41 bits per heavy atom. The first-order chi connectivity index (χ1) is 8.33. The van der Waals surface area contributed by atoms with Crippen molar-refractivity contribution in [3.8, 4) is 0 Å². The molecule has 0 heterocycles. The molecule has 3 N–H and O–H groups in total. The number of benzene rings is 1. The number of rotatable bonds is 5. The summed E-state index contributed by atoms with van der Waals surface area (Å²) in [6.45, 7) is 2.23. The van der Waals surface area contributed by atoms with E-state index in [2.05, 4.69) is 42.7 Å². The maximum absolute atomic E-state index is 5.81. The summed E-state index contributed by atoms with van der Waals surface area (Å²) in [6, 6.07) is 11.3. The van der Waals surface area contributed by atoms with E-state index in [1.807, 2.05) is 0 Å². The van der Waals surface area contributed by atoms with Crippen molar-refractivity contribution in [3.63, 3.8) is 0 Å². The molecule has 1 atom stereocenters. The quantitative estimate of drug-likeness (QED) is 0.604. The molecule has 1 aromatic carbocycles. The van der Waals surface area contributed by atoms with Gasteiger partial charge in [-0.05, 0) is 24.8 Å². The molecule has 0 bridgehead atoms. The van der Waals surface area contributed by atoms with E-state index in [1.54, 1.807) is 0 Å². The Kier molecular flexibility index (Phi) is 4.19. The van der Waals surface area contributed by atoms with E-state index in [4.69, 9.17) is 5.84 Å². The lowest BCUT2D eigenvalue weighted by Gasteiger charge is -2.38. The zero-order valence-electron chi connectivity index (χ0n) is 10.8. The van der Waals surface area contributed by atoms with Gasteiger partial charge in [-0.15, -0.1) is 0 Å². The molecule has 1 aliphatic carbocycles. The Hall–Kier alpha value is -0.860. The predicted molar refractivity (Wildman–Crippen MR) is 72.6 cm³/mol. The molecule has 0 aliphatic heterocycles. The van der Waals surface area contributed by atoms with Crippen LogP contribution in [-0.2, 0) is 5.41 Å². The van der Waals surface area contributed by atoms with E-state index in [0.717, 1.165) is 6.42 Å². The molecule has 1 aromatic rings. The van der Waals surface area contributed by atoms with Gasteiger partial charge in [0, 0.05) is 11.5 Å². The fraction of sp³-hybridized carbons (Fsp3) is 0.600. The lowest BCUT2D eigenvalue weighted by molar-refractivity contribution is 0.282. The molecule has 2 heteroatoms. The van der Waals surface area contributed by atoms with Crippen molar-refractivity contribution >= 4 is 0 Å². The van der Waals surface area contributed by atoms with Gasteiger partial charge >= 0.3 is 0 Å². The molecule has 0 radical (unpaired) electrons. The highest BCUT2D eigenvalue weighted by Gasteiger charge is 2.41. The van der Waals surface area contributed by atoms with Crippen LogP contribution < -0.4 is 11.3 Å². The summed E-state index contributed by atoms with van der Waals surface area (Å²) in [7, 11) is 0. The van der Waals surface area contributed by atoms with Crippen LogP contribution in [0.4, 0.5) is 0 Å². The van der Waals surface area contributed by atoms with Gasteiger partial charge in [0.2, 0.25) is 0 Å². The lowest BCUT2D eigenvalue weighted by atomic mass is 9.71. The second kappa shape index (κ2) is 5.65. The van der Waals surface area contributed by atoms with Crippen LogP contribution in [0.3, 0.4) is 0 Å². The number of hydrogen-bond donors (Lipinski definition) is 2. The largest absolute Gasteiger partial charge is 0.271 e. The summed E-state index contributed by atoms with van der Waals surface area (Å²) in [5.41, 5.74) is 4.82. The standard InChI is InChI=1S/C15H24N2/c1-2-8-14(17-16)15(11-6-7-12-15)13-9-4-3-5-10-13/h3-5,9-10,14,17H,2,6-8,11-12,16H2,1H3. The van der Waals surface area contributed by atoms with Crippen molar-refractivity contribution < 1.29 is 0 Å². The number of hydrogen-bond acceptors (Lipinski definition) is 2. The second-order valence-corrected chi connectivity index (χ2v) is 5.24. The number of hydrazine groups is 1. The fourth-order valence-corrected chi connectivity index (χ4v) is 3.42. The maximum Gasteiger partial charge on any atom is 0.0307 e. The molecule has 0 saturated heterocycles. The molecule has 0 amide bonds. The predicted octanol–water partition coefficient (Wildman–Crippen LogP) is 3.13. The van der Waals surface area contributed by atoms with Gasteiger partial charge in [-0.1, -0.05) is 56.5 Å². The van der Waals surface area contributed by atoms with Crippen LogP contribution in [0.25, 0.3) is 0 Å². The smallest absolute Gasteiger partial charge is 0.0307 e. The van der Waals surface area contributed by atoms with Gasteiger partial charge in [-0.3, -0.25) is 11.3 Å². The van der Waals surface area contributed by atoms with E-state index >= 15 is 0 Å². The van der Waals surface area contributed by atoms with Gasteiger partial charge in [0.05, 0.1) is 0 Å². The third-order valence-electron chi connectivity index (χ3n) is 4.29. The zero-order chi connectivity index (χ0) is 12.1. The molecule has 17 heavy (non-hydrogen) atoms. The van der Waals surface area contributed by atoms with E-state index in [9.17, 15) is 0 Å². The van der Waals surface area contributed by atoms with Crippen molar-refractivity contribution in [3.05, 3.63) is 35.9 Å². The lowest BCUT2D eigenvalue weighted by Crippen LogP contribution is -2.49. The SMILES string of the molecule is CCCC(NN)C1(c2ccccc2)CCCC1. The third-order valence-corrected chi connectivity index (χ3v) is 4.29. The van der Waals surface area contributed by atoms with E-state index in [1.165, 1.54) is 37.7 Å². The maximum atomic E-state index is 5.81. The summed E-state index contributed by atoms with van der Waals surface area (Å²) in [5, 5.41) is 0. The zero-order valence-corrected chi connectivity index (χ0v) is 10.8. The molecule has 2 nitrogen and oxygen atoms in total. The Labute approximate surface area is 105 Å². The van der Waals surface area contributed by atoms with Crippen molar-refractivity contribution in [1.82, 2.24) is 5.43 Å². The highest BCUT2D eigenvalue weighted by atomic mass is 15.2. The number of nitrogens with one attached hydrogen (secondary N) is 1. The van der Waals surface area contributed by atoms with Gasteiger partial charge in [-0.2, -0.15) is 0 Å². The summed E-state index contributed by atoms with van der Waals surface area (Å²) in [5.74, 6) is 5.81. The van der Waals surface area contributed by atoms with Gasteiger partial charge in [-0.25, -0.2) is 0 Å². The molecular weight excluding hydrogens is 208 g/mol. The van der Waals surface area contributed by atoms with Gasteiger partial charge < -0.3 is 0 Å². The average molecular weight is 232 g/mol. The summed E-state index contributed by atoms with van der Waals surface area (Å²) in [4.78, 5) is 0. The topological polar surface area (TPSA) is 38.0 Å². The molecule has 0 aromatic heterocycles. The molecule has 1 unspecified atom stereocenters. The molecule has 94 valence electrons. The second-order valence-electron chi connectivity index (χ2n) is 5.24. The van der Waals surface area contributed by atoms with Crippen LogP contribution in [0, 0.1) is 0 Å². The van der Waals surface area contributed by atoms with Crippen molar-refractivity contribution in [2.24, 2.45) is 5.84 Å². The normalized spacial score (nSPS) is 20.4. The minimum Gasteiger partial charge on any atom is -0.271 e. The highest BCUT2D eigenvalue weighted by Crippen LogP contribution is 2.44. The van der Waals surface area contributed by atoms with Gasteiger partial charge in [0.1, 0.15) is 0 Å². The molecule has 1 fully saturated rings. The molecule has 1 aliphatic rings. The minimum atomic E-state index is 0.270. The summed E-state index contributed by atoms with van der Waals surface area (Å²) in [6.07, 6.45) is 7.54. The highest BCUT2D eigenvalue weighted by molar-refractivity contribution is 5.29. The van der Waals surface area contributed by atoms with Crippen LogP contribution >= 0.6 is 0 Å². The number of nitrogens with two attached hydrogens (primary N) is 1. The Bertz CT molecular complexity index is 328. The van der Waals surface area contributed by atoms with Crippen molar-refractivity contribution in [2.75, 3.05) is 0 Å². The van der Waals surface area contributed by atoms with Crippen LogP contribution in [0.5, 0.6) is 0 Å². The van der Waals surface area contributed by atoms with E-state index in [-0.39, 0.29) is 5.41 Å². The van der Waals surface area contributed by atoms with Crippen LogP contribution in [0.1, 0.15) is 51.0 Å². The molecule has 2 rings (SSSR count). The fourth-order valence-electron chi connectivity index (χ4n) is 3.42. The van der Waals surface area contributed by atoms with Crippen LogP contribution in [-0.4, -0.2) is 6.04 Å². The summed E-state index contributed by atoms with van der Waals surface area (Å²) >= 11 is 0. The Morgan fingerprint density at radius 1 is 1.24 bits per heavy atom. The van der Waals surface area contributed by atoms with Crippen molar-refractivity contribution in [2.45, 2.75) is 56.9 Å². The first-order valence-corrected chi connectivity index (χ1v) is 6.85. The average Bonchev–Trinajstić information content (AvgIpc) is 2.87. The van der Waals surface area contributed by atoms with Crippen molar-refractivity contribution in [1.29, 1.82) is 0 Å². The van der Waals surface area contributed by atoms with Gasteiger partial charge in [0.15, 0.2) is 0 Å². The minimum absolute atomic E-state index is 0.270. The van der Waals surface area contributed by atoms with Gasteiger partial charge in [0.25, 0.3) is 0 Å².